The predicted octanol–water partition coefficient (Wildman–Crippen LogP) is 1.47. The smallest absolute Gasteiger partial charge is 0.326 e. The summed E-state index contributed by atoms with van der Waals surface area (Å²) < 4.78 is 4.82. The quantitative estimate of drug-likeness (QED) is 0.405. The molecule has 0 bridgehead atoms. The molecule has 1 aromatic heterocycles. The summed E-state index contributed by atoms with van der Waals surface area (Å²) >= 11 is 1.45. The second-order valence-electron chi connectivity index (χ2n) is 6.92. The van der Waals surface area contributed by atoms with Crippen LogP contribution in [-0.4, -0.2) is 47.9 Å². The summed E-state index contributed by atoms with van der Waals surface area (Å²) in [6, 6.07) is 10.9. The molecule has 2 aromatic rings. The predicted molar refractivity (Wildman–Crippen MR) is 114 cm³/mol. The first-order valence-electron chi connectivity index (χ1n) is 9.81. The van der Waals surface area contributed by atoms with Crippen molar-refractivity contribution >= 4 is 41.2 Å². The van der Waals surface area contributed by atoms with E-state index in [4.69, 9.17) is 4.74 Å². The summed E-state index contributed by atoms with van der Waals surface area (Å²) in [5.74, 6) is -2.38. The number of carbonyl (C=O) groups is 5. The zero-order chi connectivity index (χ0) is 23.1. The molecule has 0 saturated carbocycles. The van der Waals surface area contributed by atoms with E-state index in [1.54, 1.807) is 37.3 Å². The lowest BCUT2D eigenvalue weighted by Gasteiger charge is -2.25. The Hall–Kier alpha value is -3.73. The van der Waals surface area contributed by atoms with Crippen LogP contribution in [0.25, 0.3) is 0 Å². The van der Waals surface area contributed by atoms with Gasteiger partial charge in [-0.2, -0.15) is 0 Å². The molecule has 3 rings (SSSR count). The second kappa shape index (κ2) is 10.1. The minimum absolute atomic E-state index is 0.253. The van der Waals surface area contributed by atoms with Crippen LogP contribution < -0.4 is 16.0 Å². The highest BCUT2D eigenvalue weighted by Gasteiger charge is 2.51. The summed E-state index contributed by atoms with van der Waals surface area (Å²) in [4.78, 5) is 62.6. The van der Waals surface area contributed by atoms with Crippen molar-refractivity contribution in [2.24, 2.45) is 0 Å². The number of urea groups is 2. The van der Waals surface area contributed by atoms with Gasteiger partial charge in [-0.25, -0.2) is 9.59 Å². The molecule has 1 unspecified atom stereocenters. The van der Waals surface area contributed by atoms with Gasteiger partial charge in [0.1, 0.15) is 12.1 Å². The van der Waals surface area contributed by atoms with E-state index in [1.807, 2.05) is 22.8 Å². The monoisotopic (exact) mass is 458 g/mol. The highest BCUT2D eigenvalue weighted by molar-refractivity contribution is 7.09. The highest BCUT2D eigenvalue weighted by Crippen LogP contribution is 2.32. The number of nitrogens with zero attached hydrogens (tertiary/aromatic N) is 1. The van der Waals surface area contributed by atoms with Crippen molar-refractivity contribution in [3.63, 3.8) is 0 Å². The molecular weight excluding hydrogens is 436 g/mol. The first kappa shape index (κ1) is 22.9. The molecule has 2 heterocycles. The molecule has 10 nitrogen and oxygen atoms in total. The SMILES string of the molecule is CCC1(c2ccccc2)NC(=O)N(CC(=O)OCC(=O)NC(=O)NCc2cccs2)C1=O. The Kier molecular flexibility index (Phi) is 7.21. The zero-order valence-electron chi connectivity index (χ0n) is 17.3. The summed E-state index contributed by atoms with van der Waals surface area (Å²) in [5.41, 5.74) is -0.666. The van der Waals surface area contributed by atoms with Gasteiger partial charge < -0.3 is 15.4 Å². The van der Waals surface area contributed by atoms with Crippen molar-refractivity contribution in [1.29, 1.82) is 0 Å². The fraction of sp³-hybridized carbons (Fsp3) is 0.286. The third-order valence-electron chi connectivity index (χ3n) is 4.88. The minimum Gasteiger partial charge on any atom is -0.454 e. The van der Waals surface area contributed by atoms with E-state index in [0.29, 0.717) is 5.56 Å². The van der Waals surface area contributed by atoms with Gasteiger partial charge in [0.05, 0.1) is 6.54 Å². The normalized spacial score (nSPS) is 17.6. The van der Waals surface area contributed by atoms with Gasteiger partial charge in [-0.3, -0.25) is 24.6 Å². The van der Waals surface area contributed by atoms with Crippen molar-refractivity contribution < 1.29 is 28.7 Å². The van der Waals surface area contributed by atoms with Crippen LogP contribution in [0.2, 0.25) is 0 Å². The summed E-state index contributed by atoms with van der Waals surface area (Å²) in [6.07, 6.45) is 0.288. The standard InChI is InChI=1S/C21H22N4O6S/c1-2-21(14-7-4-3-5-8-14)18(28)25(20(30)24-21)12-17(27)31-13-16(26)23-19(29)22-11-15-9-6-10-32-15/h3-10H,2,11-13H2,1H3,(H,24,30)(H2,22,23,26,29). The molecule has 0 spiro atoms. The molecule has 1 saturated heterocycles. The van der Waals surface area contributed by atoms with Crippen molar-refractivity contribution in [1.82, 2.24) is 20.9 Å². The van der Waals surface area contributed by atoms with Crippen molar-refractivity contribution in [3.8, 4) is 0 Å². The largest absolute Gasteiger partial charge is 0.454 e. The number of amides is 6. The number of hydrogen-bond donors (Lipinski definition) is 3. The van der Waals surface area contributed by atoms with Gasteiger partial charge in [0.25, 0.3) is 11.8 Å². The fourth-order valence-electron chi connectivity index (χ4n) is 3.24. The maximum Gasteiger partial charge on any atom is 0.326 e. The van der Waals surface area contributed by atoms with Gasteiger partial charge in [-0.1, -0.05) is 43.3 Å². The van der Waals surface area contributed by atoms with Crippen LogP contribution in [0.15, 0.2) is 47.8 Å². The number of hydrogen-bond acceptors (Lipinski definition) is 7. The molecule has 0 aliphatic carbocycles. The van der Waals surface area contributed by atoms with E-state index in [1.165, 1.54) is 11.3 Å². The summed E-state index contributed by atoms with van der Waals surface area (Å²) in [7, 11) is 0. The Bertz CT molecular complexity index is 1010. The van der Waals surface area contributed by atoms with Crippen LogP contribution in [0, 0.1) is 0 Å². The first-order valence-corrected chi connectivity index (χ1v) is 10.7. The number of esters is 1. The van der Waals surface area contributed by atoms with Gasteiger partial charge in [0.15, 0.2) is 6.61 Å². The molecule has 1 aliphatic rings. The maximum absolute atomic E-state index is 13.0. The Balaban J connectivity index is 1.49. The molecule has 6 amide bonds. The number of thiophene rings is 1. The molecule has 3 N–H and O–H groups in total. The average molecular weight is 458 g/mol. The molecule has 1 aliphatic heterocycles. The lowest BCUT2D eigenvalue weighted by atomic mass is 9.87. The first-order chi connectivity index (χ1) is 15.4. The number of benzene rings is 1. The van der Waals surface area contributed by atoms with Crippen LogP contribution in [0.4, 0.5) is 9.59 Å². The topological polar surface area (TPSA) is 134 Å². The van der Waals surface area contributed by atoms with Crippen molar-refractivity contribution in [2.75, 3.05) is 13.2 Å². The van der Waals surface area contributed by atoms with Crippen LogP contribution in [0.1, 0.15) is 23.8 Å². The Labute approximate surface area is 187 Å². The molecule has 1 atom stereocenters. The van der Waals surface area contributed by atoms with Crippen LogP contribution in [0.5, 0.6) is 0 Å². The van der Waals surface area contributed by atoms with Gasteiger partial charge in [-0.15, -0.1) is 11.3 Å². The molecule has 168 valence electrons. The van der Waals surface area contributed by atoms with E-state index in [-0.39, 0.29) is 13.0 Å². The molecular formula is C21H22N4O6S. The van der Waals surface area contributed by atoms with E-state index < -0.39 is 48.5 Å². The Morgan fingerprint density at radius 1 is 1.12 bits per heavy atom. The third kappa shape index (κ3) is 5.11. The van der Waals surface area contributed by atoms with Gasteiger partial charge in [-0.05, 0) is 23.4 Å². The van der Waals surface area contributed by atoms with Gasteiger partial charge in [0.2, 0.25) is 0 Å². The number of carbonyl (C=O) groups excluding carboxylic acids is 5. The van der Waals surface area contributed by atoms with Crippen molar-refractivity contribution in [3.05, 3.63) is 58.3 Å². The summed E-state index contributed by atoms with van der Waals surface area (Å²) in [5, 5.41) is 9.04. The number of ether oxygens (including phenoxy) is 1. The molecule has 32 heavy (non-hydrogen) atoms. The number of imide groups is 2. The van der Waals surface area contributed by atoms with E-state index >= 15 is 0 Å². The fourth-order valence-corrected chi connectivity index (χ4v) is 3.88. The zero-order valence-corrected chi connectivity index (χ0v) is 18.1. The van der Waals surface area contributed by atoms with E-state index in [2.05, 4.69) is 10.6 Å². The van der Waals surface area contributed by atoms with Gasteiger partial charge in [0, 0.05) is 4.88 Å². The number of nitrogens with one attached hydrogen (secondary N) is 3. The number of rotatable bonds is 8. The summed E-state index contributed by atoms with van der Waals surface area (Å²) in [6.45, 7) is 0.619. The van der Waals surface area contributed by atoms with Crippen LogP contribution in [-0.2, 0) is 31.2 Å². The van der Waals surface area contributed by atoms with E-state index in [0.717, 1.165) is 9.78 Å². The van der Waals surface area contributed by atoms with E-state index in [9.17, 15) is 24.0 Å². The highest BCUT2D eigenvalue weighted by atomic mass is 32.1. The van der Waals surface area contributed by atoms with Crippen molar-refractivity contribution in [2.45, 2.75) is 25.4 Å². The Morgan fingerprint density at radius 3 is 2.53 bits per heavy atom. The molecule has 11 heteroatoms. The Morgan fingerprint density at radius 2 is 1.88 bits per heavy atom. The minimum atomic E-state index is -1.27. The maximum atomic E-state index is 13.0. The average Bonchev–Trinajstić information content (AvgIpc) is 3.39. The molecule has 0 radical (unpaired) electrons. The molecule has 1 fully saturated rings. The second-order valence-corrected chi connectivity index (χ2v) is 7.95. The lowest BCUT2D eigenvalue weighted by Crippen LogP contribution is -2.44. The van der Waals surface area contributed by atoms with Gasteiger partial charge >= 0.3 is 18.0 Å². The molecule has 1 aromatic carbocycles. The lowest BCUT2D eigenvalue weighted by molar-refractivity contribution is -0.151. The third-order valence-corrected chi connectivity index (χ3v) is 5.76. The van der Waals surface area contributed by atoms with Crippen LogP contribution in [0.3, 0.4) is 0 Å². The van der Waals surface area contributed by atoms with Crippen LogP contribution >= 0.6 is 11.3 Å².